The van der Waals surface area contributed by atoms with E-state index in [0.29, 0.717) is 12.2 Å². The molecule has 4 atom stereocenters. The van der Waals surface area contributed by atoms with E-state index in [1.165, 1.54) is 20.2 Å². The van der Waals surface area contributed by atoms with E-state index < -0.39 is 77.4 Å². The third kappa shape index (κ3) is 10.5. The van der Waals surface area contributed by atoms with E-state index in [1.807, 2.05) is 6.92 Å². The highest BCUT2D eigenvalue weighted by atomic mass is 16.6. The lowest BCUT2D eigenvalue weighted by atomic mass is 9.81. The van der Waals surface area contributed by atoms with E-state index in [-0.39, 0.29) is 48.6 Å². The maximum Gasteiger partial charge on any atom is 0.311 e. The number of hydrogen-bond donors (Lipinski definition) is 1. The van der Waals surface area contributed by atoms with Gasteiger partial charge in [-0.25, -0.2) is 0 Å². The number of ketones is 4. The first-order valence-corrected chi connectivity index (χ1v) is 16.8. The van der Waals surface area contributed by atoms with Crippen LogP contribution in [0.5, 0.6) is 11.5 Å². The Balaban J connectivity index is 1.89. The van der Waals surface area contributed by atoms with E-state index in [2.05, 4.69) is 10.3 Å². The first kappa shape index (κ1) is 39.5. The zero-order chi connectivity index (χ0) is 37.0. The normalized spacial score (nSPS) is 19.7. The molecule has 13 nitrogen and oxygen atoms in total. The number of pyridine rings is 1. The molecule has 0 saturated heterocycles. The monoisotopic (exact) mass is 694 g/mol. The van der Waals surface area contributed by atoms with Gasteiger partial charge in [-0.05, 0) is 31.7 Å². The summed E-state index contributed by atoms with van der Waals surface area (Å²) in [4.78, 5) is 96.4. The van der Waals surface area contributed by atoms with Crippen molar-refractivity contribution in [2.24, 2.45) is 17.8 Å². The zero-order valence-corrected chi connectivity index (χ0v) is 29.4. The molecule has 3 rings (SSSR count). The van der Waals surface area contributed by atoms with Crippen molar-refractivity contribution in [3.05, 3.63) is 47.8 Å². The number of esters is 3. The summed E-state index contributed by atoms with van der Waals surface area (Å²) in [7, 11) is 1.29. The van der Waals surface area contributed by atoms with Crippen molar-refractivity contribution in [1.82, 2.24) is 4.98 Å². The molecule has 50 heavy (non-hydrogen) atoms. The standard InChI is InChI=1S/C37H46N2O11/c1-7-8-17-48-29(41)15-12-16-30(42)49-35-23(5)38-20-27(36(35)47-6)39-26-19-28(40)32(44)25(18-24-13-10-9-11-14-24)34(50-37(46)21(2)3)22(4)31(43)33(26)45/h9-11,13-14,20-22,25-26,34,39H,7-8,12,15-19H2,1-6H3/t22-,25+,26+,34-/m1/s1. The van der Waals surface area contributed by atoms with Crippen LogP contribution < -0.4 is 14.8 Å². The largest absolute Gasteiger partial charge is 0.491 e. The van der Waals surface area contributed by atoms with E-state index in [1.54, 1.807) is 51.1 Å². The molecule has 1 saturated carbocycles. The number of aryl methyl sites for hydroxylation is 1. The van der Waals surface area contributed by atoms with Gasteiger partial charge in [0.05, 0.1) is 49.0 Å². The van der Waals surface area contributed by atoms with Crippen molar-refractivity contribution in [1.29, 1.82) is 0 Å². The van der Waals surface area contributed by atoms with Gasteiger partial charge in [-0.1, -0.05) is 64.4 Å². The van der Waals surface area contributed by atoms with Crippen molar-refractivity contribution in [3.8, 4) is 11.5 Å². The van der Waals surface area contributed by atoms with Crippen molar-refractivity contribution in [2.45, 2.75) is 91.7 Å². The number of Topliss-reactive ketones (excluding diaryl/α,β-unsaturated/α-hetero) is 4. The number of nitrogens with zero attached hydrogens (tertiary/aromatic N) is 1. The van der Waals surface area contributed by atoms with Gasteiger partial charge >= 0.3 is 17.9 Å². The highest BCUT2D eigenvalue weighted by molar-refractivity contribution is 6.44. The fourth-order valence-corrected chi connectivity index (χ4v) is 5.40. The van der Waals surface area contributed by atoms with Crippen LogP contribution in [0.15, 0.2) is 36.5 Å². The number of carbonyl (C=O) groups excluding carboxylic acids is 7. The molecule has 0 spiro atoms. The van der Waals surface area contributed by atoms with Crippen molar-refractivity contribution in [3.63, 3.8) is 0 Å². The van der Waals surface area contributed by atoms with E-state index >= 15 is 0 Å². The number of anilines is 1. The zero-order valence-electron chi connectivity index (χ0n) is 29.4. The average Bonchev–Trinajstić information content (AvgIpc) is 3.11. The molecular weight excluding hydrogens is 648 g/mol. The lowest BCUT2D eigenvalue weighted by molar-refractivity contribution is -0.163. The number of rotatable bonds is 15. The second-order valence-corrected chi connectivity index (χ2v) is 12.6. The number of hydrogen-bond acceptors (Lipinski definition) is 13. The summed E-state index contributed by atoms with van der Waals surface area (Å²) in [5.74, 6) is -8.76. The van der Waals surface area contributed by atoms with Crippen molar-refractivity contribution < 1.29 is 52.5 Å². The second kappa shape index (κ2) is 18.7. The number of carbonyl (C=O) groups is 7. The summed E-state index contributed by atoms with van der Waals surface area (Å²) in [6, 6.07) is 7.26. The van der Waals surface area contributed by atoms with E-state index in [9.17, 15) is 33.6 Å². The maximum atomic E-state index is 13.8. The van der Waals surface area contributed by atoms with E-state index in [4.69, 9.17) is 18.9 Å². The first-order chi connectivity index (χ1) is 23.8. The van der Waals surface area contributed by atoms with Gasteiger partial charge in [0.15, 0.2) is 11.5 Å². The Morgan fingerprint density at radius 3 is 2.26 bits per heavy atom. The van der Waals surface area contributed by atoms with Gasteiger partial charge in [-0.15, -0.1) is 0 Å². The van der Waals surface area contributed by atoms with Crippen LogP contribution in [0.1, 0.15) is 77.5 Å². The predicted molar refractivity (Wildman–Crippen MR) is 180 cm³/mol. The molecule has 1 aromatic heterocycles. The third-order valence-corrected chi connectivity index (χ3v) is 8.32. The summed E-state index contributed by atoms with van der Waals surface area (Å²) in [6.45, 7) is 8.43. The van der Waals surface area contributed by atoms with Crippen LogP contribution in [-0.4, -0.2) is 71.9 Å². The highest BCUT2D eigenvalue weighted by Gasteiger charge is 2.46. The number of unbranched alkanes of at least 4 members (excludes halogenated alkanes) is 1. The molecular formula is C37H46N2O11. The average molecular weight is 695 g/mol. The minimum absolute atomic E-state index is 0.00413. The molecule has 1 heterocycles. The minimum Gasteiger partial charge on any atom is -0.491 e. The summed E-state index contributed by atoms with van der Waals surface area (Å²) in [5, 5.41) is 2.82. The molecule has 1 N–H and O–H groups in total. The van der Waals surface area contributed by atoms with Crippen molar-refractivity contribution in [2.75, 3.05) is 19.0 Å². The molecule has 0 unspecified atom stereocenters. The topological polar surface area (TPSA) is 181 Å². The smallest absolute Gasteiger partial charge is 0.311 e. The summed E-state index contributed by atoms with van der Waals surface area (Å²) < 4.78 is 21.9. The van der Waals surface area contributed by atoms with Crippen LogP contribution in [0, 0.1) is 24.7 Å². The number of aromatic nitrogens is 1. The molecule has 0 radical (unpaired) electrons. The van der Waals surface area contributed by atoms with Crippen LogP contribution in [-0.2, 0) is 49.5 Å². The Morgan fingerprint density at radius 1 is 0.940 bits per heavy atom. The van der Waals surface area contributed by atoms with E-state index in [0.717, 1.165) is 12.8 Å². The quantitative estimate of drug-likeness (QED) is 0.158. The van der Waals surface area contributed by atoms with Crippen LogP contribution in [0.4, 0.5) is 5.69 Å². The lowest BCUT2D eigenvalue weighted by Crippen LogP contribution is -2.45. The molecule has 270 valence electrons. The Labute approximate surface area is 291 Å². The second-order valence-electron chi connectivity index (χ2n) is 12.6. The lowest BCUT2D eigenvalue weighted by Gasteiger charge is -2.29. The molecule has 0 bridgehead atoms. The molecule has 0 aliphatic heterocycles. The third-order valence-electron chi connectivity index (χ3n) is 8.32. The van der Waals surface area contributed by atoms with Gasteiger partial charge < -0.3 is 24.3 Å². The minimum atomic E-state index is -1.53. The maximum absolute atomic E-state index is 13.8. The molecule has 0 amide bonds. The van der Waals surface area contributed by atoms with Crippen LogP contribution >= 0.6 is 0 Å². The van der Waals surface area contributed by atoms with Gasteiger partial charge in [0, 0.05) is 19.3 Å². The Kier molecular flexibility index (Phi) is 14.8. The Morgan fingerprint density at radius 2 is 1.62 bits per heavy atom. The molecule has 2 aromatic rings. The van der Waals surface area contributed by atoms with Crippen LogP contribution in [0.2, 0.25) is 0 Å². The summed E-state index contributed by atoms with van der Waals surface area (Å²) >= 11 is 0. The fraction of sp³-hybridized carbons (Fsp3) is 0.514. The SMILES string of the molecule is CCCCOC(=O)CCCC(=O)Oc1c(C)ncc(N[C@H]2CC(=O)C(=O)[C@H](Cc3ccccc3)[C@H](OC(=O)C(C)C)[C@H](C)C(=O)C2=O)c1OC. The fourth-order valence-electron chi connectivity index (χ4n) is 5.40. The van der Waals surface area contributed by atoms with Gasteiger partial charge in [0.1, 0.15) is 12.1 Å². The summed E-state index contributed by atoms with van der Waals surface area (Å²) in [5.41, 5.74) is 0.950. The number of ether oxygens (including phenoxy) is 4. The number of methoxy groups -OCH3 is 1. The van der Waals surface area contributed by atoms with Gasteiger partial charge in [0.25, 0.3) is 0 Å². The number of nitrogens with one attached hydrogen (secondary N) is 1. The van der Waals surface area contributed by atoms with Gasteiger partial charge in [-0.3, -0.25) is 38.5 Å². The number of benzene rings is 1. The van der Waals surface area contributed by atoms with Crippen LogP contribution in [0.3, 0.4) is 0 Å². The predicted octanol–water partition coefficient (Wildman–Crippen LogP) is 4.34. The Bertz CT molecular complexity index is 1570. The van der Waals surface area contributed by atoms with Crippen LogP contribution in [0.25, 0.3) is 0 Å². The first-order valence-electron chi connectivity index (χ1n) is 16.8. The van der Waals surface area contributed by atoms with Gasteiger partial charge in [0.2, 0.25) is 23.1 Å². The molecule has 1 aliphatic rings. The molecule has 13 heteroatoms. The van der Waals surface area contributed by atoms with Crippen molar-refractivity contribution >= 4 is 46.7 Å². The van der Waals surface area contributed by atoms with Gasteiger partial charge in [-0.2, -0.15) is 0 Å². The molecule has 1 aliphatic carbocycles. The summed E-state index contributed by atoms with van der Waals surface area (Å²) in [6.07, 6.45) is 0.941. The molecule has 1 aromatic carbocycles. The highest BCUT2D eigenvalue weighted by Crippen LogP contribution is 2.38. The molecule has 1 fully saturated rings. The Hall–Kier alpha value is -4.94.